The van der Waals surface area contributed by atoms with Crippen LogP contribution in [0.2, 0.25) is 0 Å². The van der Waals surface area contributed by atoms with E-state index in [-0.39, 0.29) is 17.8 Å². The molecule has 2 atom stereocenters. The number of likely N-dealkylation sites (tertiary alicyclic amines) is 1. The van der Waals surface area contributed by atoms with Crippen LogP contribution in [0.4, 0.5) is 14.9 Å². The highest BCUT2D eigenvalue weighted by Crippen LogP contribution is 2.31. The molecule has 4 nitrogen and oxygen atoms in total. The molecule has 1 N–H and O–H groups in total. The number of rotatable bonds is 2. The summed E-state index contributed by atoms with van der Waals surface area (Å²) in [6.07, 6.45) is 3.46. The molecule has 5 heteroatoms. The number of carbonyl (C=O) groups is 1. The zero-order chi connectivity index (χ0) is 15.5. The van der Waals surface area contributed by atoms with Crippen LogP contribution in [0.5, 0.6) is 0 Å². The van der Waals surface area contributed by atoms with Gasteiger partial charge in [-0.15, -0.1) is 0 Å². The average Bonchev–Trinajstić information content (AvgIpc) is 2.92. The molecule has 2 amide bonds. The number of benzene rings is 1. The van der Waals surface area contributed by atoms with Crippen LogP contribution in [0.15, 0.2) is 48.8 Å². The molecular weight excluding hydrogens is 281 g/mol. The number of pyridine rings is 1. The lowest BCUT2D eigenvalue weighted by Crippen LogP contribution is -2.37. The summed E-state index contributed by atoms with van der Waals surface area (Å²) < 4.78 is 13.6. The molecule has 114 valence electrons. The van der Waals surface area contributed by atoms with Gasteiger partial charge in [-0.1, -0.05) is 30.3 Å². The maximum atomic E-state index is 13.6. The Labute approximate surface area is 129 Å². The van der Waals surface area contributed by atoms with Gasteiger partial charge in [-0.2, -0.15) is 0 Å². The lowest BCUT2D eigenvalue weighted by atomic mass is 9.97. The molecule has 0 unspecified atom stereocenters. The fourth-order valence-electron chi connectivity index (χ4n) is 2.94. The molecule has 1 aliphatic rings. The van der Waals surface area contributed by atoms with Gasteiger partial charge in [0.2, 0.25) is 0 Å². The number of halogens is 1. The Morgan fingerprint density at radius 1 is 1.32 bits per heavy atom. The number of amides is 2. The topological polar surface area (TPSA) is 45.2 Å². The number of carbonyl (C=O) groups excluding carboxylic acids is 1. The second-order valence-electron chi connectivity index (χ2n) is 5.63. The molecule has 1 fully saturated rings. The molecule has 2 aromatic rings. The first-order chi connectivity index (χ1) is 10.6. The molecule has 0 aliphatic carbocycles. The van der Waals surface area contributed by atoms with Gasteiger partial charge in [0.25, 0.3) is 0 Å². The highest BCUT2D eigenvalue weighted by Gasteiger charge is 2.33. The minimum Gasteiger partial charge on any atom is -0.321 e. The zero-order valence-corrected chi connectivity index (χ0v) is 12.4. The van der Waals surface area contributed by atoms with Crippen molar-refractivity contribution in [2.45, 2.75) is 25.3 Å². The Kier molecular flexibility index (Phi) is 4.04. The average molecular weight is 299 g/mol. The molecule has 0 saturated carbocycles. The van der Waals surface area contributed by atoms with E-state index in [4.69, 9.17) is 0 Å². The number of nitrogens with one attached hydrogen (secondary N) is 1. The van der Waals surface area contributed by atoms with Crippen LogP contribution in [0, 0.1) is 5.82 Å². The minimum atomic E-state index is -0.526. The van der Waals surface area contributed by atoms with Crippen LogP contribution in [-0.4, -0.2) is 28.5 Å². The maximum absolute atomic E-state index is 13.6. The van der Waals surface area contributed by atoms with Crippen molar-refractivity contribution in [2.24, 2.45) is 0 Å². The summed E-state index contributed by atoms with van der Waals surface area (Å²) in [5.74, 6) is -0.202. The van der Waals surface area contributed by atoms with Crippen molar-refractivity contribution in [3.8, 4) is 0 Å². The van der Waals surface area contributed by atoms with Crippen molar-refractivity contribution in [1.29, 1.82) is 0 Å². The molecule has 2 heterocycles. The summed E-state index contributed by atoms with van der Waals surface area (Å²) >= 11 is 0. The van der Waals surface area contributed by atoms with E-state index >= 15 is 0 Å². The molecule has 3 rings (SSSR count). The largest absolute Gasteiger partial charge is 0.322 e. The number of anilines is 1. The van der Waals surface area contributed by atoms with Gasteiger partial charge >= 0.3 is 6.03 Å². The second kappa shape index (κ2) is 6.13. The highest BCUT2D eigenvalue weighted by atomic mass is 19.1. The summed E-state index contributed by atoms with van der Waals surface area (Å²) in [5, 5.41) is 2.63. The van der Waals surface area contributed by atoms with E-state index in [1.165, 1.54) is 17.8 Å². The van der Waals surface area contributed by atoms with E-state index in [2.05, 4.69) is 22.4 Å². The van der Waals surface area contributed by atoms with Crippen molar-refractivity contribution < 1.29 is 9.18 Å². The van der Waals surface area contributed by atoms with Crippen LogP contribution < -0.4 is 5.32 Å². The second-order valence-corrected chi connectivity index (χ2v) is 5.63. The van der Waals surface area contributed by atoms with Gasteiger partial charge in [0, 0.05) is 24.7 Å². The maximum Gasteiger partial charge on any atom is 0.322 e. The van der Waals surface area contributed by atoms with Crippen molar-refractivity contribution in [3.63, 3.8) is 0 Å². The van der Waals surface area contributed by atoms with Crippen LogP contribution in [0.3, 0.4) is 0 Å². The number of nitrogens with zero attached hydrogens (tertiary/aromatic N) is 2. The van der Waals surface area contributed by atoms with E-state index < -0.39 is 5.82 Å². The van der Waals surface area contributed by atoms with E-state index in [0.29, 0.717) is 12.5 Å². The SMILES string of the molecule is C[C@@H]1C[C@@H](c2ccccc2)CN1C(=O)Nc1ccncc1F. The summed E-state index contributed by atoms with van der Waals surface area (Å²) in [7, 11) is 0. The Morgan fingerprint density at radius 3 is 2.82 bits per heavy atom. The first kappa shape index (κ1) is 14.5. The van der Waals surface area contributed by atoms with Gasteiger partial charge in [-0.25, -0.2) is 9.18 Å². The van der Waals surface area contributed by atoms with Crippen molar-refractivity contribution in [2.75, 3.05) is 11.9 Å². The van der Waals surface area contributed by atoms with Gasteiger partial charge in [0.05, 0.1) is 11.9 Å². The molecule has 0 bridgehead atoms. The number of hydrogen-bond donors (Lipinski definition) is 1. The van der Waals surface area contributed by atoms with Crippen molar-refractivity contribution in [3.05, 3.63) is 60.2 Å². The lowest BCUT2D eigenvalue weighted by molar-refractivity contribution is 0.209. The van der Waals surface area contributed by atoms with Gasteiger partial charge in [-0.05, 0) is 25.0 Å². The molecule has 22 heavy (non-hydrogen) atoms. The summed E-state index contributed by atoms with van der Waals surface area (Å²) in [6.45, 7) is 2.66. The Morgan fingerprint density at radius 2 is 2.09 bits per heavy atom. The molecule has 1 aromatic heterocycles. The highest BCUT2D eigenvalue weighted by molar-refractivity contribution is 5.89. The smallest absolute Gasteiger partial charge is 0.321 e. The lowest BCUT2D eigenvalue weighted by Gasteiger charge is -2.22. The fourth-order valence-corrected chi connectivity index (χ4v) is 2.94. The fraction of sp³-hybridized carbons (Fsp3) is 0.294. The molecule has 1 aromatic carbocycles. The van der Waals surface area contributed by atoms with E-state index in [1.54, 1.807) is 4.90 Å². The summed E-state index contributed by atoms with van der Waals surface area (Å²) in [6, 6.07) is 11.5. The monoisotopic (exact) mass is 299 g/mol. The van der Waals surface area contributed by atoms with Gasteiger partial charge in [0.15, 0.2) is 5.82 Å². The first-order valence-corrected chi connectivity index (χ1v) is 7.37. The van der Waals surface area contributed by atoms with E-state index in [1.807, 2.05) is 25.1 Å². The van der Waals surface area contributed by atoms with Crippen LogP contribution >= 0.6 is 0 Å². The van der Waals surface area contributed by atoms with E-state index in [0.717, 1.165) is 12.6 Å². The Bertz CT molecular complexity index is 662. The van der Waals surface area contributed by atoms with E-state index in [9.17, 15) is 9.18 Å². The molecular formula is C17H18FN3O. The molecule has 1 aliphatic heterocycles. The minimum absolute atomic E-state index is 0.120. The predicted molar refractivity (Wildman–Crippen MR) is 83.2 cm³/mol. The van der Waals surface area contributed by atoms with Crippen LogP contribution in [-0.2, 0) is 0 Å². The first-order valence-electron chi connectivity index (χ1n) is 7.37. The summed E-state index contributed by atoms with van der Waals surface area (Å²) in [5.41, 5.74) is 1.40. The van der Waals surface area contributed by atoms with Crippen LogP contribution in [0.25, 0.3) is 0 Å². The third-order valence-corrected chi connectivity index (χ3v) is 4.12. The predicted octanol–water partition coefficient (Wildman–Crippen LogP) is 3.63. The standard InChI is InChI=1S/C17H18FN3O/c1-12-9-14(13-5-3-2-4-6-13)11-21(12)17(22)20-16-7-8-19-10-15(16)18/h2-8,10,12,14H,9,11H2,1H3,(H,19,20,22)/t12-,14-/m1/s1. The quantitative estimate of drug-likeness (QED) is 0.920. The molecule has 1 saturated heterocycles. The zero-order valence-electron chi connectivity index (χ0n) is 12.4. The third kappa shape index (κ3) is 2.93. The number of urea groups is 1. The summed E-state index contributed by atoms with van der Waals surface area (Å²) in [4.78, 5) is 17.8. The van der Waals surface area contributed by atoms with Gasteiger partial charge in [-0.3, -0.25) is 4.98 Å². The van der Waals surface area contributed by atoms with Gasteiger partial charge < -0.3 is 10.2 Å². The van der Waals surface area contributed by atoms with Crippen molar-refractivity contribution >= 4 is 11.7 Å². The van der Waals surface area contributed by atoms with Crippen LogP contribution in [0.1, 0.15) is 24.8 Å². The number of hydrogen-bond acceptors (Lipinski definition) is 2. The molecule has 0 spiro atoms. The normalized spacial score (nSPS) is 20.9. The Hall–Kier alpha value is -2.43. The van der Waals surface area contributed by atoms with Crippen molar-refractivity contribution in [1.82, 2.24) is 9.88 Å². The third-order valence-electron chi connectivity index (χ3n) is 4.12. The Balaban J connectivity index is 1.70. The van der Waals surface area contributed by atoms with Gasteiger partial charge in [0.1, 0.15) is 0 Å². The molecule has 0 radical (unpaired) electrons. The number of aromatic nitrogens is 1.